The Morgan fingerprint density at radius 3 is 2.56 bits per heavy atom. The van der Waals surface area contributed by atoms with Gasteiger partial charge in [-0.05, 0) is 49.2 Å². The molecule has 1 unspecified atom stereocenters. The van der Waals surface area contributed by atoms with E-state index in [4.69, 9.17) is 14.6 Å². The first kappa shape index (κ1) is 18.3. The number of carboxylic acid groups (broad SMARTS) is 1. The number of aryl methyl sites for hydroxylation is 1. The van der Waals surface area contributed by atoms with Crippen molar-refractivity contribution >= 4 is 17.6 Å². The molecule has 1 atom stereocenters. The predicted octanol–water partition coefficient (Wildman–Crippen LogP) is 3.50. The highest BCUT2D eigenvalue weighted by molar-refractivity contribution is 5.97. The molecule has 2 N–H and O–H groups in total. The molecule has 0 aromatic heterocycles. The molecule has 2 rings (SSSR count). The van der Waals surface area contributed by atoms with Crippen LogP contribution in [0.3, 0.4) is 0 Å². The van der Waals surface area contributed by atoms with Crippen LogP contribution in [0.5, 0.6) is 11.5 Å². The number of benzene rings is 2. The maximum absolute atomic E-state index is 12.5. The van der Waals surface area contributed by atoms with E-state index < -0.39 is 12.1 Å². The van der Waals surface area contributed by atoms with Crippen molar-refractivity contribution in [2.24, 2.45) is 0 Å². The molecule has 0 fully saturated rings. The number of carboxylic acids is 1. The fourth-order valence-electron chi connectivity index (χ4n) is 2.32. The SMILES string of the molecule is CCC(Oc1cccc(C)c1)C(=O)Nc1ccc(C(=O)O)cc1OC. The number of carbonyl (C=O) groups excluding carboxylic acids is 1. The third kappa shape index (κ3) is 4.73. The Kier molecular flexibility index (Phi) is 6.00. The number of nitrogens with one attached hydrogen (secondary N) is 1. The van der Waals surface area contributed by atoms with E-state index in [9.17, 15) is 9.59 Å². The Bertz CT molecular complexity index is 772. The first-order chi connectivity index (χ1) is 11.9. The molecule has 2 aromatic carbocycles. The molecule has 0 saturated heterocycles. The van der Waals surface area contributed by atoms with Crippen LogP contribution in [0, 0.1) is 6.92 Å². The second-order valence-electron chi connectivity index (χ2n) is 5.54. The zero-order chi connectivity index (χ0) is 18.4. The molecule has 0 aliphatic rings. The lowest BCUT2D eigenvalue weighted by Gasteiger charge is -2.18. The van der Waals surface area contributed by atoms with E-state index >= 15 is 0 Å². The minimum Gasteiger partial charge on any atom is -0.495 e. The molecule has 0 heterocycles. The minimum atomic E-state index is -1.06. The highest BCUT2D eigenvalue weighted by Gasteiger charge is 2.20. The molecule has 0 radical (unpaired) electrons. The number of methoxy groups -OCH3 is 1. The summed E-state index contributed by atoms with van der Waals surface area (Å²) in [5, 5.41) is 11.8. The average molecular weight is 343 g/mol. The smallest absolute Gasteiger partial charge is 0.335 e. The van der Waals surface area contributed by atoms with Gasteiger partial charge in [-0.2, -0.15) is 0 Å². The van der Waals surface area contributed by atoms with Crippen molar-refractivity contribution in [2.45, 2.75) is 26.4 Å². The second-order valence-corrected chi connectivity index (χ2v) is 5.54. The van der Waals surface area contributed by atoms with Crippen LogP contribution >= 0.6 is 0 Å². The van der Waals surface area contributed by atoms with E-state index in [0.717, 1.165) is 5.56 Å². The quantitative estimate of drug-likeness (QED) is 0.804. The number of anilines is 1. The molecule has 2 aromatic rings. The third-order valence-electron chi connectivity index (χ3n) is 3.64. The van der Waals surface area contributed by atoms with Crippen LogP contribution in [0.2, 0.25) is 0 Å². The van der Waals surface area contributed by atoms with Crippen molar-refractivity contribution in [3.05, 3.63) is 53.6 Å². The van der Waals surface area contributed by atoms with Gasteiger partial charge >= 0.3 is 5.97 Å². The number of aromatic carboxylic acids is 1. The Morgan fingerprint density at radius 2 is 1.96 bits per heavy atom. The van der Waals surface area contributed by atoms with Gasteiger partial charge < -0.3 is 19.9 Å². The van der Waals surface area contributed by atoms with E-state index in [0.29, 0.717) is 17.9 Å². The van der Waals surface area contributed by atoms with Gasteiger partial charge in [0.25, 0.3) is 5.91 Å². The van der Waals surface area contributed by atoms with Crippen LogP contribution in [0.4, 0.5) is 5.69 Å². The molecule has 0 bridgehead atoms. The van der Waals surface area contributed by atoms with Gasteiger partial charge in [-0.15, -0.1) is 0 Å². The average Bonchev–Trinajstić information content (AvgIpc) is 2.59. The van der Waals surface area contributed by atoms with Crippen molar-refractivity contribution < 1.29 is 24.2 Å². The van der Waals surface area contributed by atoms with Crippen LogP contribution in [-0.4, -0.2) is 30.2 Å². The number of carbonyl (C=O) groups is 2. The van der Waals surface area contributed by atoms with Crippen LogP contribution in [0.15, 0.2) is 42.5 Å². The summed E-state index contributed by atoms with van der Waals surface area (Å²) in [5.41, 5.74) is 1.51. The Morgan fingerprint density at radius 1 is 1.20 bits per heavy atom. The number of hydrogen-bond donors (Lipinski definition) is 2. The van der Waals surface area contributed by atoms with Crippen molar-refractivity contribution in [1.29, 1.82) is 0 Å². The van der Waals surface area contributed by atoms with E-state index in [1.807, 2.05) is 32.0 Å². The summed E-state index contributed by atoms with van der Waals surface area (Å²) >= 11 is 0. The van der Waals surface area contributed by atoms with Gasteiger partial charge in [0.05, 0.1) is 18.4 Å². The normalized spacial score (nSPS) is 11.5. The zero-order valence-corrected chi connectivity index (χ0v) is 14.4. The Labute approximate surface area is 146 Å². The Balaban J connectivity index is 2.15. The number of rotatable bonds is 7. The highest BCUT2D eigenvalue weighted by atomic mass is 16.5. The molecule has 6 heteroatoms. The molecular weight excluding hydrogens is 322 g/mol. The summed E-state index contributed by atoms with van der Waals surface area (Å²) in [7, 11) is 1.41. The zero-order valence-electron chi connectivity index (χ0n) is 14.4. The van der Waals surface area contributed by atoms with Gasteiger partial charge in [0.2, 0.25) is 0 Å². The number of ether oxygens (including phenoxy) is 2. The Hall–Kier alpha value is -3.02. The maximum atomic E-state index is 12.5. The van der Waals surface area contributed by atoms with E-state index in [1.165, 1.54) is 25.3 Å². The molecule has 0 spiro atoms. The number of hydrogen-bond acceptors (Lipinski definition) is 4. The van der Waals surface area contributed by atoms with Crippen molar-refractivity contribution in [3.8, 4) is 11.5 Å². The first-order valence-corrected chi connectivity index (χ1v) is 7.90. The lowest BCUT2D eigenvalue weighted by Crippen LogP contribution is -2.32. The van der Waals surface area contributed by atoms with Crippen LogP contribution < -0.4 is 14.8 Å². The van der Waals surface area contributed by atoms with Gasteiger partial charge in [-0.1, -0.05) is 19.1 Å². The fraction of sp³-hybridized carbons (Fsp3) is 0.263. The second kappa shape index (κ2) is 8.19. The van der Waals surface area contributed by atoms with E-state index in [1.54, 1.807) is 6.07 Å². The standard InChI is InChI=1S/C19H21NO5/c1-4-16(25-14-7-5-6-12(2)10-14)18(21)20-15-9-8-13(19(22)23)11-17(15)24-3/h5-11,16H,4H2,1-3H3,(H,20,21)(H,22,23). The minimum absolute atomic E-state index is 0.0814. The molecule has 132 valence electrons. The van der Waals surface area contributed by atoms with Crippen LogP contribution in [-0.2, 0) is 4.79 Å². The van der Waals surface area contributed by atoms with Gasteiger partial charge in [-0.3, -0.25) is 4.79 Å². The fourth-order valence-corrected chi connectivity index (χ4v) is 2.32. The van der Waals surface area contributed by atoms with Crippen molar-refractivity contribution in [3.63, 3.8) is 0 Å². The lowest BCUT2D eigenvalue weighted by atomic mass is 10.1. The molecular formula is C19H21NO5. The predicted molar refractivity (Wildman–Crippen MR) is 94.5 cm³/mol. The third-order valence-corrected chi connectivity index (χ3v) is 3.64. The summed E-state index contributed by atoms with van der Waals surface area (Å²) < 4.78 is 10.9. The van der Waals surface area contributed by atoms with Crippen molar-refractivity contribution in [2.75, 3.05) is 12.4 Å². The summed E-state index contributed by atoms with van der Waals surface area (Å²) in [6.45, 7) is 3.80. The summed E-state index contributed by atoms with van der Waals surface area (Å²) in [5.74, 6) is -0.496. The van der Waals surface area contributed by atoms with Crippen molar-refractivity contribution in [1.82, 2.24) is 0 Å². The van der Waals surface area contributed by atoms with Gasteiger partial charge in [0.15, 0.2) is 6.10 Å². The monoisotopic (exact) mass is 343 g/mol. The largest absolute Gasteiger partial charge is 0.495 e. The summed E-state index contributed by atoms with van der Waals surface area (Å²) in [4.78, 5) is 23.5. The van der Waals surface area contributed by atoms with Gasteiger partial charge in [0.1, 0.15) is 11.5 Å². The van der Waals surface area contributed by atoms with E-state index in [2.05, 4.69) is 5.32 Å². The molecule has 6 nitrogen and oxygen atoms in total. The topological polar surface area (TPSA) is 84.9 Å². The van der Waals surface area contributed by atoms with Gasteiger partial charge in [0, 0.05) is 0 Å². The molecule has 0 aliphatic heterocycles. The van der Waals surface area contributed by atoms with Gasteiger partial charge in [-0.25, -0.2) is 4.79 Å². The first-order valence-electron chi connectivity index (χ1n) is 7.90. The maximum Gasteiger partial charge on any atom is 0.335 e. The molecule has 25 heavy (non-hydrogen) atoms. The molecule has 0 saturated carbocycles. The molecule has 1 amide bonds. The van der Waals surface area contributed by atoms with Crippen LogP contribution in [0.25, 0.3) is 0 Å². The van der Waals surface area contributed by atoms with E-state index in [-0.39, 0.29) is 17.2 Å². The summed E-state index contributed by atoms with van der Waals surface area (Å²) in [6.07, 6.45) is -0.194. The highest BCUT2D eigenvalue weighted by Crippen LogP contribution is 2.26. The molecule has 0 aliphatic carbocycles. The number of amides is 1. The summed E-state index contributed by atoms with van der Waals surface area (Å²) in [6, 6.07) is 11.7. The van der Waals surface area contributed by atoms with Crippen LogP contribution in [0.1, 0.15) is 29.3 Å². The lowest BCUT2D eigenvalue weighted by molar-refractivity contribution is -0.122.